The number of nitrogens with zero attached hydrogens (tertiary/aromatic N) is 2. The molecule has 0 aliphatic carbocycles. The molecule has 1 aromatic rings. The Morgan fingerprint density at radius 3 is 2.62 bits per heavy atom. The molecule has 3 nitrogen and oxygen atoms in total. The van der Waals surface area contributed by atoms with E-state index in [1.807, 2.05) is 13.8 Å². The van der Waals surface area contributed by atoms with Crippen LogP contribution in [-0.2, 0) is 4.79 Å². The van der Waals surface area contributed by atoms with Crippen LogP contribution in [-0.4, -0.2) is 10.8 Å². The second-order valence-corrected chi connectivity index (χ2v) is 4.03. The molecular weight excluding hydrogens is 200 g/mol. The number of ketones is 1. The van der Waals surface area contributed by atoms with Crippen molar-refractivity contribution in [2.45, 2.75) is 32.6 Å². The predicted octanol–water partition coefficient (Wildman–Crippen LogP) is 2.69. The molecule has 0 N–H and O–H groups in total. The van der Waals surface area contributed by atoms with Crippen LogP contribution in [0.1, 0.15) is 38.2 Å². The van der Waals surface area contributed by atoms with Crippen LogP contribution in [0.15, 0.2) is 24.5 Å². The molecule has 3 heteroatoms. The topological polar surface area (TPSA) is 53.8 Å². The van der Waals surface area contributed by atoms with Gasteiger partial charge in [-0.1, -0.05) is 20.3 Å². The summed E-state index contributed by atoms with van der Waals surface area (Å²) in [4.78, 5) is 15.8. The minimum Gasteiger partial charge on any atom is -0.298 e. The van der Waals surface area contributed by atoms with Crippen LogP contribution in [0, 0.1) is 17.2 Å². The maximum atomic E-state index is 11.9. The van der Waals surface area contributed by atoms with Gasteiger partial charge in [0.2, 0.25) is 0 Å². The van der Waals surface area contributed by atoms with E-state index in [1.165, 1.54) is 0 Å². The average molecular weight is 216 g/mol. The minimum absolute atomic E-state index is 0.00282. The first-order valence-electron chi connectivity index (χ1n) is 5.51. The zero-order valence-electron chi connectivity index (χ0n) is 9.68. The highest BCUT2D eigenvalue weighted by molar-refractivity contribution is 5.88. The van der Waals surface area contributed by atoms with Crippen LogP contribution < -0.4 is 0 Å². The molecule has 1 heterocycles. The van der Waals surface area contributed by atoms with Gasteiger partial charge in [0.25, 0.3) is 0 Å². The third kappa shape index (κ3) is 3.16. The van der Waals surface area contributed by atoms with E-state index in [4.69, 9.17) is 5.26 Å². The summed E-state index contributed by atoms with van der Waals surface area (Å²) in [5.41, 5.74) is 0.741. The Morgan fingerprint density at radius 1 is 1.50 bits per heavy atom. The Bertz CT molecular complexity index is 381. The van der Waals surface area contributed by atoms with E-state index < -0.39 is 5.92 Å². The van der Waals surface area contributed by atoms with Crippen LogP contribution >= 0.6 is 0 Å². The zero-order chi connectivity index (χ0) is 12.0. The molecule has 0 saturated carbocycles. The Labute approximate surface area is 96.1 Å². The van der Waals surface area contributed by atoms with E-state index in [1.54, 1.807) is 24.5 Å². The highest BCUT2D eigenvalue weighted by atomic mass is 16.1. The average Bonchev–Trinajstić information content (AvgIpc) is 2.31. The normalized spacial score (nSPS) is 13.8. The Morgan fingerprint density at radius 2 is 2.12 bits per heavy atom. The van der Waals surface area contributed by atoms with Crippen molar-refractivity contribution in [2.24, 2.45) is 5.92 Å². The van der Waals surface area contributed by atoms with Crippen molar-refractivity contribution >= 4 is 5.78 Å². The third-order valence-electron chi connectivity index (χ3n) is 2.74. The van der Waals surface area contributed by atoms with Gasteiger partial charge in [0.15, 0.2) is 5.78 Å². The molecule has 1 aromatic heterocycles. The summed E-state index contributed by atoms with van der Waals surface area (Å²) in [6.07, 6.45) is 4.64. The van der Waals surface area contributed by atoms with Gasteiger partial charge < -0.3 is 0 Å². The maximum absolute atomic E-state index is 11.9. The fourth-order valence-corrected chi connectivity index (χ4v) is 1.49. The molecule has 2 atom stereocenters. The lowest BCUT2D eigenvalue weighted by Crippen LogP contribution is -2.14. The van der Waals surface area contributed by atoms with Crippen LogP contribution in [0.4, 0.5) is 0 Å². The molecule has 1 rings (SSSR count). The molecule has 0 aliphatic rings. The molecule has 2 unspecified atom stereocenters. The predicted molar refractivity (Wildman–Crippen MR) is 61.7 cm³/mol. The monoisotopic (exact) mass is 216 g/mol. The number of nitriles is 1. The lowest BCUT2D eigenvalue weighted by molar-refractivity contribution is -0.120. The fourth-order valence-electron chi connectivity index (χ4n) is 1.49. The second-order valence-electron chi connectivity index (χ2n) is 4.03. The number of hydrogen-bond acceptors (Lipinski definition) is 3. The number of carbonyl (C=O) groups is 1. The van der Waals surface area contributed by atoms with Crippen molar-refractivity contribution in [3.8, 4) is 6.07 Å². The summed E-state index contributed by atoms with van der Waals surface area (Å²) in [5, 5.41) is 9.04. The van der Waals surface area contributed by atoms with Gasteiger partial charge in [-0.15, -0.1) is 0 Å². The van der Waals surface area contributed by atoms with E-state index >= 15 is 0 Å². The van der Waals surface area contributed by atoms with E-state index in [0.29, 0.717) is 12.3 Å². The van der Waals surface area contributed by atoms with Crippen molar-refractivity contribution in [1.82, 2.24) is 4.98 Å². The second kappa shape index (κ2) is 6.02. The summed E-state index contributed by atoms with van der Waals surface area (Å²) in [6.45, 7) is 4.07. The van der Waals surface area contributed by atoms with Gasteiger partial charge in [-0.3, -0.25) is 9.78 Å². The number of aromatic nitrogens is 1. The Kier molecular flexibility index (Phi) is 4.65. The quantitative estimate of drug-likeness (QED) is 0.760. The van der Waals surface area contributed by atoms with Crippen LogP contribution in [0.2, 0.25) is 0 Å². The first kappa shape index (κ1) is 12.4. The van der Waals surface area contributed by atoms with Gasteiger partial charge in [-0.25, -0.2) is 0 Å². The Hall–Kier alpha value is -1.69. The standard InChI is InChI=1S/C13H16N2O/c1-3-10(2)8-13(16)12(9-14)11-4-6-15-7-5-11/h4-7,10,12H,3,8H2,1-2H3. The first-order valence-corrected chi connectivity index (χ1v) is 5.51. The van der Waals surface area contributed by atoms with Gasteiger partial charge >= 0.3 is 0 Å². The van der Waals surface area contributed by atoms with E-state index in [0.717, 1.165) is 12.0 Å². The lowest BCUT2D eigenvalue weighted by atomic mass is 9.90. The van der Waals surface area contributed by atoms with Crippen molar-refractivity contribution in [3.05, 3.63) is 30.1 Å². The van der Waals surface area contributed by atoms with Crippen LogP contribution in [0.3, 0.4) is 0 Å². The van der Waals surface area contributed by atoms with Crippen molar-refractivity contribution in [1.29, 1.82) is 5.26 Å². The minimum atomic E-state index is -0.642. The molecular formula is C13H16N2O. The zero-order valence-corrected chi connectivity index (χ0v) is 9.68. The SMILES string of the molecule is CCC(C)CC(=O)C(C#N)c1ccncc1. The smallest absolute Gasteiger partial charge is 0.154 e. The molecule has 0 amide bonds. The van der Waals surface area contributed by atoms with Crippen molar-refractivity contribution < 1.29 is 4.79 Å². The lowest BCUT2D eigenvalue weighted by Gasteiger charge is -2.11. The first-order chi connectivity index (χ1) is 7.69. The van der Waals surface area contributed by atoms with Crippen LogP contribution in [0.5, 0.6) is 0 Å². The fraction of sp³-hybridized carbons (Fsp3) is 0.462. The molecule has 0 saturated heterocycles. The number of carbonyl (C=O) groups excluding carboxylic acids is 1. The molecule has 0 bridgehead atoms. The van der Waals surface area contributed by atoms with Gasteiger partial charge in [-0.05, 0) is 23.6 Å². The van der Waals surface area contributed by atoms with E-state index in [-0.39, 0.29) is 5.78 Å². The molecule has 84 valence electrons. The highest BCUT2D eigenvalue weighted by Crippen LogP contribution is 2.20. The molecule has 0 radical (unpaired) electrons. The van der Waals surface area contributed by atoms with E-state index in [2.05, 4.69) is 11.1 Å². The molecule has 0 fully saturated rings. The number of rotatable bonds is 5. The van der Waals surface area contributed by atoms with Gasteiger partial charge in [0, 0.05) is 18.8 Å². The highest BCUT2D eigenvalue weighted by Gasteiger charge is 2.21. The van der Waals surface area contributed by atoms with Crippen LogP contribution in [0.25, 0.3) is 0 Å². The number of Topliss-reactive ketones (excluding diaryl/α,β-unsaturated/α-hetero) is 1. The molecule has 0 spiro atoms. The molecule has 0 aliphatic heterocycles. The van der Waals surface area contributed by atoms with Gasteiger partial charge in [0.1, 0.15) is 5.92 Å². The third-order valence-corrected chi connectivity index (χ3v) is 2.74. The maximum Gasteiger partial charge on any atom is 0.154 e. The molecule has 16 heavy (non-hydrogen) atoms. The van der Waals surface area contributed by atoms with Crippen molar-refractivity contribution in [2.75, 3.05) is 0 Å². The Balaban J connectivity index is 2.77. The number of pyridine rings is 1. The van der Waals surface area contributed by atoms with E-state index in [9.17, 15) is 4.79 Å². The van der Waals surface area contributed by atoms with Gasteiger partial charge in [0.05, 0.1) is 6.07 Å². The van der Waals surface area contributed by atoms with Crippen molar-refractivity contribution in [3.63, 3.8) is 0 Å². The summed E-state index contributed by atoms with van der Waals surface area (Å²) in [7, 11) is 0. The summed E-state index contributed by atoms with van der Waals surface area (Å²) in [6, 6.07) is 5.52. The summed E-state index contributed by atoms with van der Waals surface area (Å²) in [5.74, 6) is -0.301. The largest absolute Gasteiger partial charge is 0.298 e. The molecule has 0 aromatic carbocycles. The summed E-state index contributed by atoms with van der Waals surface area (Å²) < 4.78 is 0. The summed E-state index contributed by atoms with van der Waals surface area (Å²) >= 11 is 0. The van der Waals surface area contributed by atoms with Gasteiger partial charge in [-0.2, -0.15) is 5.26 Å². The number of hydrogen-bond donors (Lipinski definition) is 0.